The van der Waals surface area contributed by atoms with Crippen LogP contribution in [0.1, 0.15) is 38.6 Å². The van der Waals surface area contributed by atoms with Crippen LogP contribution in [0.4, 0.5) is 10.2 Å². The Hall–Kier alpha value is -4.14. The molecule has 0 spiro atoms. The van der Waals surface area contributed by atoms with Crippen LogP contribution in [-0.2, 0) is 4.79 Å². The summed E-state index contributed by atoms with van der Waals surface area (Å²) in [5, 5.41) is 10.8. The van der Waals surface area contributed by atoms with E-state index in [1.54, 1.807) is 36.3 Å². The summed E-state index contributed by atoms with van der Waals surface area (Å²) in [5.74, 6) is 0.151. The SMILES string of the molecule is C/C=C/c1cc(NC2=N/C=C/CC(C)C(Oc3ccc4[nH]c(C)cc4c3F)=C2C(=O)N(C)CC)n[nH]1. The second-order valence-corrected chi connectivity index (χ2v) is 8.78. The quantitative estimate of drug-likeness (QED) is 0.422. The van der Waals surface area contributed by atoms with Crippen molar-refractivity contribution in [2.45, 2.75) is 34.1 Å². The van der Waals surface area contributed by atoms with Crippen molar-refractivity contribution in [2.75, 3.05) is 18.9 Å². The fourth-order valence-corrected chi connectivity index (χ4v) is 3.99. The average molecular weight is 491 g/mol. The predicted octanol–water partition coefficient (Wildman–Crippen LogP) is 5.55. The van der Waals surface area contributed by atoms with Gasteiger partial charge in [0.25, 0.3) is 5.91 Å². The normalized spacial score (nSPS) is 17.2. The molecule has 0 fully saturated rings. The van der Waals surface area contributed by atoms with Crippen LogP contribution in [0.25, 0.3) is 17.0 Å². The number of carbonyl (C=O) groups is 1. The number of hydrogen-bond donors (Lipinski definition) is 3. The molecule has 1 aromatic carbocycles. The lowest BCUT2D eigenvalue weighted by atomic mass is 9.98. The maximum Gasteiger partial charge on any atom is 0.260 e. The molecule has 2 aromatic heterocycles. The number of ether oxygens (including phenoxy) is 1. The number of fused-ring (bicyclic) bond motifs is 1. The van der Waals surface area contributed by atoms with Crippen molar-refractivity contribution in [1.82, 2.24) is 20.1 Å². The molecular formula is C27H31FN6O2. The molecule has 9 heteroatoms. The number of rotatable bonds is 6. The Balaban J connectivity index is 1.84. The molecular weight excluding hydrogens is 459 g/mol. The van der Waals surface area contributed by atoms with Crippen molar-refractivity contribution >= 4 is 34.5 Å². The molecule has 0 saturated heterocycles. The highest BCUT2D eigenvalue weighted by Gasteiger charge is 2.30. The minimum Gasteiger partial charge on any atom is -0.457 e. The van der Waals surface area contributed by atoms with E-state index in [2.05, 4.69) is 25.5 Å². The van der Waals surface area contributed by atoms with E-state index in [1.165, 1.54) is 0 Å². The Bertz CT molecular complexity index is 1390. The first-order valence-corrected chi connectivity index (χ1v) is 12.0. The van der Waals surface area contributed by atoms with E-state index in [1.807, 2.05) is 52.0 Å². The molecule has 3 N–H and O–H groups in total. The fraction of sp³-hybridized carbons (Fsp3) is 0.296. The predicted molar refractivity (Wildman–Crippen MR) is 141 cm³/mol. The van der Waals surface area contributed by atoms with Gasteiger partial charge in [-0.2, -0.15) is 5.10 Å². The lowest BCUT2D eigenvalue weighted by Gasteiger charge is -2.25. The molecule has 0 radical (unpaired) electrons. The number of carbonyl (C=O) groups excluding carboxylic acids is 1. The van der Waals surface area contributed by atoms with Crippen LogP contribution in [0.2, 0.25) is 0 Å². The number of amides is 1. The van der Waals surface area contributed by atoms with Crippen molar-refractivity contribution in [1.29, 1.82) is 0 Å². The van der Waals surface area contributed by atoms with E-state index in [0.29, 0.717) is 35.4 Å². The van der Waals surface area contributed by atoms with Gasteiger partial charge in [-0.25, -0.2) is 9.38 Å². The number of aliphatic imine (C=N–C) groups is 1. The molecule has 188 valence electrons. The Morgan fingerprint density at radius 1 is 1.36 bits per heavy atom. The van der Waals surface area contributed by atoms with E-state index >= 15 is 4.39 Å². The third-order valence-electron chi connectivity index (χ3n) is 6.01. The monoisotopic (exact) mass is 490 g/mol. The third kappa shape index (κ3) is 5.10. The first-order valence-electron chi connectivity index (χ1n) is 12.0. The Morgan fingerprint density at radius 2 is 2.17 bits per heavy atom. The van der Waals surface area contributed by atoms with Gasteiger partial charge in [-0.15, -0.1) is 0 Å². The topological polar surface area (TPSA) is 98.4 Å². The first kappa shape index (κ1) is 25.0. The molecule has 1 amide bonds. The number of amidine groups is 1. The third-order valence-corrected chi connectivity index (χ3v) is 6.01. The van der Waals surface area contributed by atoms with Crippen molar-refractivity contribution in [3.63, 3.8) is 0 Å². The molecule has 0 bridgehead atoms. The van der Waals surface area contributed by atoms with E-state index in [0.717, 1.165) is 11.4 Å². The van der Waals surface area contributed by atoms with Crippen molar-refractivity contribution < 1.29 is 13.9 Å². The van der Waals surface area contributed by atoms with Crippen molar-refractivity contribution in [3.05, 3.63) is 71.2 Å². The maximum atomic E-state index is 15.5. The summed E-state index contributed by atoms with van der Waals surface area (Å²) in [7, 11) is 1.71. The van der Waals surface area contributed by atoms with Crippen LogP contribution in [0.3, 0.4) is 0 Å². The van der Waals surface area contributed by atoms with Gasteiger partial charge in [-0.1, -0.05) is 19.1 Å². The van der Waals surface area contributed by atoms with E-state index < -0.39 is 5.82 Å². The highest BCUT2D eigenvalue weighted by Crippen LogP contribution is 2.32. The molecule has 8 nitrogen and oxygen atoms in total. The van der Waals surface area contributed by atoms with Gasteiger partial charge in [0.2, 0.25) is 0 Å². The van der Waals surface area contributed by atoms with Gasteiger partial charge in [0, 0.05) is 48.4 Å². The summed E-state index contributed by atoms with van der Waals surface area (Å²) in [5.41, 5.74) is 2.56. The van der Waals surface area contributed by atoms with Gasteiger partial charge in [0.15, 0.2) is 17.4 Å². The smallest absolute Gasteiger partial charge is 0.260 e. The molecule has 3 aromatic rings. The van der Waals surface area contributed by atoms with E-state index in [9.17, 15) is 4.79 Å². The average Bonchev–Trinajstić information content (AvgIpc) is 3.46. The number of aryl methyl sites for hydroxylation is 1. The number of nitrogens with one attached hydrogen (secondary N) is 3. The number of anilines is 1. The number of likely N-dealkylation sites (N-methyl/N-ethyl adjacent to an activating group) is 1. The van der Waals surface area contributed by atoms with Crippen LogP contribution >= 0.6 is 0 Å². The van der Waals surface area contributed by atoms with Crippen LogP contribution in [0, 0.1) is 18.7 Å². The zero-order valence-electron chi connectivity index (χ0n) is 21.1. The number of nitrogens with zero attached hydrogens (tertiary/aromatic N) is 3. The summed E-state index contributed by atoms with van der Waals surface area (Å²) >= 11 is 0. The van der Waals surface area contributed by atoms with E-state index in [4.69, 9.17) is 4.74 Å². The second-order valence-electron chi connectivity index (χ2n) is 8.78. The number of hydrogen-bond acceptors (Lipinski definition) is 5. The molecule has 36 heavy (non-hydrogen) atoms. The zero-order chi connectivity index (χ0) is 25.8. The standard InChI is InChI=1S/C27H31FN6O2/c1-6-9-18-15-22(33-32-18)31-26-23(27(35)34(5)7-2)25(16(3)10-8-13-29-26)36-21-12-11-20-19(24(21)28)14-17(4)30-20/h6,8-9,11-16,30H,7,10H2,1-5H3,(H2,29,31,32,33)/b9-6+,13-8+,25-23?. The Labute approximate surface area is 209 Å². The number of halogens is 1. The number of aromatic amines is 2. The van der Waals surface area contributed by atoms with Crippen molar-refractivity contribution in [3.8, 4) is 5.75 Å². The maximum absolute atomic E-state index is 15.5. The highest BCUT2D eigenvalue weighted by atomic mass is 19.1. The fourth-order valence-electron chi connectivity index (χ4n) is 3.99. The lowest BCUT2D eigenvalue weighted by molar-refractivity contribution is -0.125. The van der Waals surface area contributed by atoms with Gasteiger partial charge in [0.05, 0.1) is 5.69 Å². The van der Waals surface area contributed by atoms with Crippen LogP contribution in [0.5, 0.6) is 5.75 Å². The summed E-state index contributed by atoms with van der Waals surface area (Å²) in [6.07, 6.45) is 7.89. The number of benzene rings is 1. The minimum absolute atomic E-state index is 0.0480. The van der Waals surface area contributed by atoms with Crippen LogP contribution in [-0.4, -0.2) is 45.4 Å². The molecule has 0 aliphatic carbocycles. The highest BCUT2D eigenvalue weighted by molar-refractivity contribution is 6.25. The second kappa shape index (κ2) is 10.6. The minimum atomic E-state index is -0.487. The molecule has 3 heterocycles. The number of aromatic nitrogens is 3. The summed E-state index contributed by atoms with van der Waals surface area (Å²) in [4.78, 5) is 22.9. The van der Waals surface area contributed by atoms with Crippen LogP contribution in [0.15, 0.2) is 58.9 Å². The van der Waals surface area contributed by atoms with Crippen molar-refractivity contribution in [2.24, 2.45) is 10.9 Å². The number of allylic oxidation sites excluding steroid dienone is 3. The van der Waals surface area contributed by atoms with Gasteiger partial charge >= 0.3 is 0 Å². The Kier molecular flexibility index (Phi) is 7.38. The molecule has 1 unspecified atom stereocenters. The zero-order valence-corrected chi connectivity index (χ0v) is 21.1. The molecule has 1 aliphatic rings. The molecule has 1 aliphatic heterocycles. The largest absolute Gasteiger partial charge is 0.457 e. The summed E-state index contributed by atoms with van der Waals surface area (Å²) in [6.45, 7) is 8.08. The number of H-pyrrole nitrogens is 2. The van der Waals surface area contributed by atoms with E-state index in [-0.39, 0.29) is 29.0 Å². The molecule has 4 rings (SSSR count). The Morgan fingerprint density at radius 3 is 2.92 bits per heavy atom. The van der Waals surface area contributed by atoms with Gasteiger partial charge < -0.3 is 19.9 Å². The molecule has 1 atom stereocenters. The van der Waals surface area contributed by atoms with Crippen LogP contribution < -0.4 is 10.1 Å². The lowest BCUT2D eigenvalue weighted by Crippen LogP contribution is -2.36. The van der Waals surface area contributed by atoms with Gasteiger partial charge in [0.1, 0.15) is 17.2 Å². The summed E-state index contributed by atoms with van der Waals surface area (Å²) < 4.78 is 21.7. The molecule has 0 saturated carbocycles. The summed E-state index contributed by atoms with van der Waals surface area (Å²) in [6, 6.07) is 6.90. The first-order chi connectivity index (χ1) is 17.3. The van der Waals surface area contributed by atoms with Gasteiger partial charge in [-0.3, -0.25) is 9.89 Å². The van der Waals surface area contributed by atoms with Gasteiger partial charge in [-0.05, 0) is 51.5 Å².